The average Bonchev–Trinajstić information content (AvgIpc) is 3.40. The van der Waals surface area contributed by atoms with Crippen LogP contribution in [0, 0.1) is 5.92 Å². The van der Waals surface area contributed by atoms with E-state index in [4.69, 9.17) is 5.21 Å². The van der Waals surface area contributed by atoms with E-state index in [1.807, 2.05) is 0 Å². The highest BCUT2D eigenvalue weighted by molar-refractivity contribution is 7.13. The van der Waals surface area contributed by atoms with Gasteiger partial charge >= 0.3 is 0 Å². The van der Waals surface area contributed by atoms with E-state index in [1.165, 1.54) is 55.4 Å². The molecule has 156 valence electrons. The Labute approximate surface area is 176 Å². The zero-order chi connectivity index (χ0) is 20.1. The van der Waals surface area contributed by atoms with Crippen molar-refractivity contribution in [3.8, 4) is 0 Å². The highest BCUT2D eigenvalue weighted by Gasteiger charge is 2.38. The molecule has 0 radical (unpaired) electrons. The van der Waals surface area contributed by atoms with E-state index in [-0.39, 0.29) is 0 Å². The molecule has 1 aromatic heterocycles. The van der Waals surface area contributed by atoms with E-state index in [9.17, 15) is 4.79 Å². The molecule has 2 aliphatic rings. The molecule has 1 aliphatic heterocycles. The van der Waals surface area contributed by atoms with Crippen LogP contribution in [0.5, 0.6) is 0 Å². The van der Waals surface area contributed by atoms with Crippen LogP contribution in [0.25, 0.3) is 0 Å². The maximum absolute atomic E-state index is 11.4. The lowest BCUT2D eigenvalue weighted by molar-refractivity contribution is 0.0710. The summed E-state index contributed by atoms with van der Waals surface area (Å²) in [7, 11) is 0. The summed E-state index contributed by atoms with van der Waals surface area (Å²) < 4.78 is 0. The molecule has 1 amide bonds. The lowest BCUT2D eigenvalue weighted by Crippen LogP contribution is -2.38. The van der Waals surface area contributed by atoms with E-state index in [2.05, 4.69) is 45.5 Å². The number of hydrogen-bond donors (Lipinski definition) is 3. The molecule has 7 heteroatoms. The van der Waals surface area contributed by atoms with Gasteiger partial charge in [-0.3, -0.25) is 10.0 Å². The molecule has 3 N–H and O–H groups in total. The van der Waals surface area contributed by atoms with Crippen LogP contribution in [-0.2, 0) is 6.42 Å². The van der Waals surface area contributed by atoms with Gasteiger partial charge in [0.05, 0.1) is 11.2 Å². The topological polar surface area (TPSA) is 77.5 Å². The summed E-state index contributed by atoms with van der Waals surface area (Å²) in [6.07, 6.45) is 7.29. The van der Waals surface area contributed by atoms with E-state index in [1.54, 1.807) is 5.48 Å². The first-order chi connectivity index (χ1) is 14.2. The van der Waals surface area contributed by atoms with Crippen molar-refractivity contribution in [2.75, 3.05) is 26.2 Å². The number of rotatable bonds is 9. The largest absolute Gasteiger partial charge is 0.313 e. The van der Waals surface area contributed by atoms with Gasteiger partial charge in [-0.05, 0) is 63.3 Å². The first kappa shape index (κ1) is 20.5. The maximum atomic E-state index is 11.4. The lowest BCUT2D eigenvalue weighted by Gasteiger charge is -2.32. The standard InChI is InChI=1S/C22H30N4O2S/c27-22(25-28)20-15-24-21(29-20)7-4-10-26-11-8-16(9-12-26)14-23-19-13-18(19)17-5-2-1-3-6-17/h1-3,5-6,15-16,18-19,23,28H,4,7-14H2,(H,25,27)/t18-,19+/m1/s1. The zero-order valence-corrected chi connectivity index (χ0v) is 17.5. The van der Waals surface area contributed by atoms with Gasteiger partial charge in [-0.15, -0.1) is 11.3 Å². The summed E-state index contributed by atoms with van der Waals surface area (Å²) in [5.74, 6) is 1.03. The molecule has 1 aromatic carbocycles. The van der Waals surface area contributed by atoms with Crippen LogP contribution in [0.15, 0.2) is 36.5 Å². The van der Waals surface area contributed by atoms with Gasteiger partial charge in [-0.1, -0.05) is 30.3 Å². The zero-order valence-electron chi connectivity index (χ0n) is 16.7. The Balaban J connectivity index is 1.09. The van der Waals surface area contributed by atoms with Crippen molar-refractivity contribution in [3.05, 3.63) is 52.0 Å². The van der Waals surface area contributed by atoms with Gasteiger partial charge in [0.2, 0.25) is 0 Å². The van der Waals surface area contributed by atoms with Crippen molar-refractivity contribution >= 4 is 17.2 Å². The average molecular weight is 415 g/mol. The van der Waals surface area contributed by atoms with Gasteiger partial charge in [-0.2, -0.15) is 0 Å². The van der Waals surface area contributed by atoms with E-state index >= 15 is 0 Å². The molecular weight excluding hydrogens is 384 g/mol. The normalized spacial score (nSPS) is 22.5. The van der Waals surface area contributed by atoms with Crippen LogP contribution in [0.3, 0.4) is 0 Å². The lowest BCUT2D eigenvalue weighted by atomic mass is 9.96. The molecule has 2 heterocycles. The molecule has 29 heavy (non-hydrogen) atoms. The summed E-state index contributed by atoms with van der Waals surface area (Å²) in [5, 5.41) is 13.4. The number of nitrogens with zero attached hydrogens (tertiary/aromatic N) is 2. The number of nitrogens with one attached hydrogen (secondary N) is 2. The molecule has 1 saturated heterocycles. The summed E-state index contributed by atoms with van der Waals surface area (Å²) >= 11 is 1.36. The minimum Gasteiger partial charge on any atom is -0.313 e. The molecule has 4 rings (SSSR count). The highest BCUT2D eigenvalue weighted by Crippen LogP contribution is 2.40. The maximum Gasteiger partial charge on any atom is 0.286 e. The Morgan fingerprint density at radius 2 is 2.03 bits per heavy atom. The van der Waals surface area contributed by atoms with Gasteiger partial charge < -0.3 is 10.2 Å². The summed E-state index contributed by atoms with van der Waals surface area (Å²) in [4.78, 5) is 18.6. The molecule has 2 atom stereocenters. The predicted molar refractivity (Wildman–Crippen MR) is 114 cm³/mol. The minimum atomic E-state index is -0.481. The fourth-order valence-corrected chi connectivity index (χ4v) is 5.11. The Kier molecular flexibility index (Phi) is 6.92. The third kappa shape index (κ3) is 5.63. The molecule has 1 aliphatic carbocycles. The first-order valence-electron chi connectivity index (χ1n) is 10.6. The number of aromatic nitrogens is 1. The molecule has 0 spiro atoms. The van der Waals surface area contributed by atoms with Crippen molar-refractivity contribution in [1.29, 1.82) is 0 Å². The van der Waals surface area contributed by atoms with Crippen LogP contribution in [-0.4, -0.2) is 53.2 Å². The molecule has 0 unspecified atom stereocenters. The monoisotopic (exact) mass is 414 g/mol. The van der Waals surface area contributed by atoms with E-state index < -0.39 is 5.91 Å². The van der Waals surface area contributed by atoms with Gasteiger partial charge in [0, 0.05) is 18.4 Å². The van der Waals surface area contributed by atoms with E-state index in [0.717, 1.165) is 36.9 Å². The Hall–Kier alpha value is -1.80. The second kappa shape index (κ2) is 9.80. The number of thiazole rings is 1. The molecular formula is C22H30N4O2S. The number of likely N-dealkylation sites (tertiary alicyclic amines) is 1. The third-order valence-corrected chi connectivity index (χ3v) is 7.19. The summed E-state index contributed by atoms with van der Waals surface area (Å²) in [5.41, 5.74) is 3.13. The Morgan fingerprint density at radius 1 is 1.24 bits per heavy atom. The number of carbonyl (C=O) groups excluding carboxylic acids is 1. The summed E-state index contributed by atoms with van der Waals surface area (Å²) in [6, 6.07) is 11.5. The van der Waals surface area contributed by atoms with Gasteiger partial charge in [0.25, 0.3) is 5.91 Å². The smallest absolute Gasteiger partial charge is 0.286 e. The molecule has 2 aromatic rings. The van der Waals surface area contributed by atoms with Crippen LogP contribution < -0.4 is 10.8 Å². The van der Waals surface area contributed by atoms with Crippen molar-refractivity contribution in [2.45, 2.75) is 44.1 Å². The second-order valence-corrected chi connectivity index (χ2v) is 9.33. The fourth-order valence-electron chi connectivity index (χ4n) is 4.26. The third-order valence-electron chi connectivity index (χ3n) is 6.14. The summed E-state index contributed by atoms with van der Waals surface area (Å²) in [6.45, 7) is 4.58. The SMILES string of the molecule is O=C(NO)c1cnc(CCCN2CCC(CN[C@H]3C[C@@H]3c3ccccc3)CC2)s1. The van der Waals surface area contributed by atoms with Gasteiger partial charge in [0.15, 0.2) is 0 Å². The quantitative estimate of drug-likeness (QED) is 0.434. The number of amides is 1. The van der Waals surface area contributed by atoms with Crippen LogP contribution in [0.4, 0.5) is 0 Å². The van der Waals surface area contributed by atoms with Crippen LogP contribution in [0.1, 0.15) is 51.8 Å². The van der Waals surface area contributed by atoms with Crippen molar-refractivity contribution < 1.29 is 10.0 Å². The van der Waals surface area contributed by atoms with Gasteiger partial charge in [-0.25, -0.2) is 10.5 Å². The first-order valence-corrected chi connectivity index (χ1v) is 11.4. The van der Waals surface area contributed by atoms with Crippen LogP contribution >= 0.6 is 11.3 Å². The minimum absolute atomic E-state index is 0.459. The second-order valence-electron chi connectivity index (χ2n) is 8.22. The number of hydroxylamine groups is 1. The Bertz CT molecular complexity index is 789. The number of aryl methyl sites for hydroxylation is 1. The number of piperidine rings is 1. The van der Waals surface area contributed by atoms with Gasteiger partial charge in [0.1, 0.15) is 4.88 Å². The van der Waals surface area contributed by atoms with E-state index in [0.29, 0.717) is 16.8 Å². The molecule has 0 bridgehead atoms. The van der Waals surface area contributed by atoms with Crippen molar-refractivity contribution in [1.82, 2.24) is 20.7 Å². The number of hydrogen-bond acceptors (Lipinski definition) is 6. The number of benzene rings is 1. The Morgan fingerprint density at radius 3 is 2.79 bits per heavy atom. The van der Waals surface area contributed by atoms with Crippen molar-refractivity contribution in [3.63, 3.8) is 0 Å². The molecule has 1 saturated carbocycles. The van der Waals surface area contributed by atoms with Crippen molar-refractivity contribution in [2.24, 2.45) is 5.92 Å². The van der Waals surface area contributed by atoms with Crippen LogP contribution in [0.2, 0.25) is 0 Å². The highest BCUT2D eigenvalue weighted by atomic mass is 32.1. The molecule has 2 fully saturated rings. The molecule has 6 nitrogen and oxygen atoms in total. The predicted octanol–water partition coefficient (Wildman–Crippen LogP) is 3.05. The fraction of sp³-hybridized carbons (Fsp3) is 0.545. The number of carbonyl (C=O) groups is 1.